The summed E-state index contributed by atoms with van der Waals surface area (Å²) < 4.78 is 32.7. The summed E-state index contributed by atoms with van der Waals surface area (Å²) in [6.07, 6.45) is 2.45. The minimum Gasteiger partial charge on any atom is -0.467 e. The molecule has 1 aliphatic heterocycles. The highest BCUT2D eigenvalue weighted by atomic mass is 19.1. The number of rotatable bonds is 5. The van der Waals surface area contributed by atoms with Gasteiger partial charge < -0.3 is 14.2 Å². The number of fused-ring (bicyclic) bond motifs is 1. The Kier molecular flexibility index (Phi) is 5.09. The molecular formula is C23H22F2N2O2. The fourth-order valence-electron chi connectivity index (χ4n) is 3.86. The maximum Gasteiger partial charge on any atom is 0.257 e. The van der Waals surface area contributed by atoms with E-state index >= 15 is 0 Å². The van der Waals surface area contributed by atoms with Crippen LogP contribution < -0.4 is 4.90 Å². The molecular weight excluding hydrogens is 374 g/mol. The first-order chi connectivity index (χ1) is 13.9. The van der Waals surface area contributed by atoms with Crippen LogP contribution in [0.1, 0.15) is 34.2 Å². The molecule has 0 fully saturated rings. The fourth-order valence-corrected chi connectivity index (χ4v) is 3.86. The molecule has 4 rings (SSSR count). The minimum absolute atomic E-state index is 0.0402. The Morgan fingerprint density at radius 1 is 1.21 bits per heavy atom. The lowest BCUT2D eigenvalue weighted by Gasteiger charge is -2.25. The fraction of sp³-hybridized carbons (Fsp3) is 0.261. The van der Waals surface area contributed by atoms with Crippen molar-refractivity contribution in [3.63, 3.8) is 0 Å². The van der Waals surface area contributed by atoms with Gasteiger partial charge in [0.15, 0.2) is 0 Å². The molecule has 4 nitrogen and oxygen atoms in total. The van der Waals surface area contributed by atoms with Crippen molar-refractivity contribution in [1.82, 2.24) is 4.90 Å². The SMILES string of the molecule is CC1Cc2ccccc2N1Cc1occc1C(=O)N(C)Cc1ccc(F)cc1F. The van der Waals surface area contributed by atoms with Gasteiger partial charge in [0.25, 0.3) is 5.91 Å². The number of benzene rings is 2. The summed E-state index contributed by atoms with van der Waals surface area (Å²) in [7, 11) is 1.59. The normalized spacial score (nSPS) is 15.4. The van der Waals surface area contributed by atoms with Gasteiger partial charge in [-0.05, 0) is 37.1 Å². The molecule has 0 radical (unpaired) electrons. The van der Waals surface area contributed by atoms with Crippen LogP contribution in [0.15, 0.2) is 59.2 Å². The van der Waals surface area contributed by atoms with Gasteiger partial charge in [0.05, 0.1) is 18.4 Å². The van der Waals surface area contributed by atoms with Crippen LogP contribution in [0.4, 0.5) is 14.5 Å². The molecule has 1 unspecified atom stereocenters. The second kappa shape index (κ2) is 7.70. The number of hydrogen-bond donors (Lipinski definition) is 0. The summed E-state index contributed by atoms with van der Waals surface area (Å²) in [6.45, 7) is 2.66. The van der Waals surface area contributed by atoms with Crippen LogP contribution >= 0.6 is 0 Å². The lowest BCUT2D eigenvalue weighted by Crippen LogP contribution is -2.31. The van der Waals surface area contributed by atoms with Crippen molar-refractivity contribution in [3.05, 3.63) is 88.9 Å². The molecule has 150 valence electrons. The van der Waals surface area contributed by atoms with E-state index in [0.717, 1.165) is 18.2 Å². The highest BCUT2D eigenvalue weighted by Crippen LogP contribution is 2.33. The highest BCUT2D eigenvalue weighted by Gasteiger charge is 2.28. The molecule has 0 saturated carbocycles. The number of carbonyl (C=O) groups excluding carboxylic acids is 1. The summed E-state index contributed by atoms with van der Waals surface area (Å²) in [5, 5.41) is 0. The third kappa shape index (κ3) is 3.75. The third-order valence-electron chi connectivity index (χ3n) is 5.41. The van der Waals surface area contributed by atoms with Crippen molar-refractivity contribution in [2.75, 3.05) is 11.9 Å². The van der Waals surface area contributed by atoms with E-state index in [4.69, 9.17) is 4.42 Å². The first-order valence-electron chi connectivity index (χ1n) is 9.54. The molecule has 1 atom stereocenters. The monoisotopic (exact) mass is 396 g/mol. The van der Waals surface area contributed by atoms with Crippen LogP contribution in [-0.4, -0.2) is 23.9 Å². The Morgan fingerprint density at radius 3 is 2.79 bits per heavy atom. The van der Waals surface area contributed by atoms with Crippen LogP contribution in [-0.2, 0) is 19.5 Å². The van der Waals surface area contributed by atoms with Gasteiger partial charge in [-0.25, -0.2) is 8.78 Å². The van der Waals surface area contributed by atoms with Gasteiger partial charge >= 0.3 is 0 Å². The zero-order chi connectivity index (χ0) is 20.5. The van der Waals surface area contributed by atoms with E-state index in [2.05, 4.69) is 24.0 Å². The zero-order valence-corrected chi connectivity index (χ0v) is 16.4. The minimum atomic E-state index is -0.667. The Balaban J connectivity index is 1.52. The topological polar surface area (TPSA) is 36.7 Å². The molecule has 1 aliphatic rings. The molecule has 29 heavy (non-hydrogen) atoms. The van der Waals surface area contributed by atoms with Crippen molar-refractivity contribution in [2.45, 2.75) is 32.5 Å². The Morgan fingerprint density at radius 2 is 2.00 bits per heavy atom. The third-order valence-corrected chi connectivity index (χ3v) is 5.41. The van der Waals surface area contributed by atoms with Crippen molar-refractivity contribution < 1.29 is 18.0 Å². The van der Waals surface area contributed by atoms with E-state index in [1.807, 2.05) is 12.1 Å². The van der Waals surface area contributed by atoms with Gasteiger partial charge in [0, 0.05) is 37.0 Å². The molecule has 0 saturated heterocycles. The van der Waals surface area contributed by atoms with Crippen LogP contribution in [0.25, 0.3) is 0 Å². The number of furan rings is 1. The van der Waals surface area contributed by atoms with Gasteiger partial charge in [0.1, 0.15) is 17.4 Å². The lowest BCUT2D eigenvalue weighted by atomic mass is 10.1. The Labute approximate surface area is 168 Å². The van der Waals surface area contributed by atoms with Crippen LogP contribution in [0.2, 0.25) is 0 Å². The quantitative estimate of drug-likeness (QED) is 0.623. The first kappa shape index (κ1) is 19.2. The second-order valence-corrected chi connectivity index (χ2v) is 7.46. The molecule has 6 heteroatoms. The Bertz CT molecular complexity index is 1050. The molecule has 2 heterocycles. The average Bonchev–Trinajstić information content (AvgIpc) is 3.28. The van der Waals surface area contributed by atoms with E-state index in [1.54, 1.807) is 13.1 Å². The van der Waals surface area contributed by atoms with Gasteiger partial charge in [-0.3, -0.25) is 4.79 Å². The molecule has 0 spiro atoms. The molecule has 2 aromatic carbocycles. The van der Waals surface area contributed by atoms with Crippen LogP contribution in [0.3, 0.4) is 0 Å². The summed E-state index contributed by atoms with van der Waals surface area (Å²) in [6, 6.07) is 13.5. The first-order valence-corrected chi connectivity index (χ1v) is 9.54. The van der Waals surface area contributed by atoms with Crippen LogP contribution in [0, 0.1) is 11.6 Å². The largest absolute Gasteiger partial charge is 0.467 e. The molecule has 1 amide bonds. The van der Waals surface area contributed by atoms with E-state index in [0.29, 0.717) is 23.9 Å². The molecule has 0 N–H and O–H groups in total. The Hall–Kier alpha value is -3.15. The van der Waals surface area contributed by atoms with Crippen LogP contribution in [0.5, 0.6) is 0 Å². The van der Waals surface area contributed by atoms with Crippen molar-refractivity contribution >= 4 is 11.6 Å². The van der Waals surface area contributed by atoms with E-state index in [9.17, 15) is 13.6 Å². The van der Waals surface area contributed by atoms with Crippen molar-refractivity contribution in [3.8, 4) is 0 Å². The number of carbonyl (C=O) groups is 1. The molecule has 0 bridgehead atoms. The molecule has 3 aromatic rings. The number of nitrogens with zero attached hydrogens (tertiary/aromatic N) is 2. The predicted molar refractivity (Wildman–Crippen MR) is 107 cm³/mol. The van der Waals surface area contributed by atoms with Gasteiger partial charge in [-0.1, -0.05) is 24.3 Å². The van der Waals surface area contributed by atoms with E-state index in [1.165, 1.54) is 28.9 Å². The smallest absolute Gasteiger partial charge is 0.257 e. The number of amides is 1. The molecule has 1 aromatic heterocycles. The number of para-hydroxylation sites is 1. The number of hydrogen-bond acceptors (Lipinski definition) is 3. The predicted octanol–water partition coefficient (Wildman–Crippen LogP) is 4.78. The van der Waals surface area contributed by atoms with E-state index < -0.39 is 11.6 Å². The maximum atomic E-state index is 13.9. The van der Waals surface area contributed by atoms with Crippen molar-refractivity contribution in [1.29, 1.82) is 0 Å². The lowest BCUT2D eigenvalue weighted by molar-refractivity contribution is 0.0781. The van der Waals surface area contributed by atoms with Crippen molar-refractivity contribution in [2.24, 2.45) is 0 Å². The van der Waals surface area contributed by atoms with Gasteiger partial charge in [0.2, 0.25) is 0 Å². The molecule has 0 aliphatic carbocycles. The van der Waals surface area contributed by atoms with Gasteiger partial charge in [-0.2, -0.15) is 0 Å². The highest BCUT2D eigenvalue weighted by molar-refractivity contribution is 5.95. The second-order valence-electron chi connectivity index (χ2n) is 7.46. The summed E-state index contributed by atoms with van der Waals surface area (Å²) >= 11 is 0. The standard InChI is InChI=1S/C23H22F2N2O2/c1-15-11-16-5-3-4-6-21(16)27(15)14-22-19(9-10-29-22)23(28)26(2)13-17-7-8-18(24)12-20(17)25/h3-10,12,15H,11,13-14H2,1-2H3. The zero-order valence-electron chi connectivity index (χ0n) is 16.4. The number of anilines is 1. The summed E-state index contributed by atoms with van der Waals surface area (Å²) in [5.41, 5.74) is 3.14. The number of halogens is 2. The average molecular weight is 396 g/mol. The van der Waals surface area contributed by atoms with Gasteiger partial charge in [-0.15, -0.1) is 0 Å². The van der Waals surface area contributed by atoms with E-state index in [-0.39, 0.29) is 18.0 Å². The summed E-state index contributed by atoms with van der Waals surface area (Å²) in [4.78, 5) is 16.6. The maximum absolute atomic E-state index is 13.9. The summed E-state index contributed by atoms with van der Waals surface area (Å²) in [5.74, 6) is -1.00.